The van der Waals surface area contributed by atoms with Gasteiger partial charge in [0.2, 0.25) is 0 Å². The van der Waals surface area contributed by atoms with Crippen molar-refractivity contribution in [3.8, 4) is 17.2 Å². The lowest BCUT2D eigenvalue weighted by atomic mass is 9.82. The van der Waals surface area contributed by atoms with Crippen LogP contribution < -0.4 is 19.9 Å². The maximum atomic E-state index is 12.1. The highest BCUT2D eigenvalue weighted by Crippen LogP contribution is 2.34. The van der Waals surface area contributed by atoms with Crippen LogP contribution in [0.15, 0.2) is 42.5 Å². The number of para-hydroxylation sites is 1. The zero-order chi connectivity index (χ0) is 24.7. The van der Waals surface area contributed by atoms with Gasteiger partial charge in [-0.25, -0.2) is 0 Å². The number of alkyl halides is 1. The second kappa shape index (κ2) is 11.9. The fourth-order valence-electron chi connectivity index (χ4n) is 4.34. The molecule has 0 spiro atoms. The number of ether oxygens (including phenoxy) is 3. The Kier molecular flexibility index (Phi) is 9.23. The summed E-state index contributed by atoms with van der Waals surface area (Å²) in [5.41, 5.74) is 8.25. The van der Waals surface area contributed by atoms with Crippen LogP contribution in [0.3, 0.4) is 0 Å². The van der Waals surface area contributed by atoms with E-state index in [0.717, 1.165) is 43.3 Å². The van der Waals surface area contributed by atoms with Crippen molar-refractivity contribution >= 4 is 17.9 Å². The summed E-state index contributed by atoms with van der Waals surface area (Å²) in [6.45, 7) is 6.72. The van der Waals surface area contributed by atoms with Crippen molar-refractivity contribution < 1.29 is 19.0 Å². The first-order valence-corrected chi connectivity index (χ1v) is 12.2. The van der Waals surface area contributed by atoms with E-state index in [1.165, 1.54) is 0 Å². The van der Waals surface area contributed by atoms with E-state index in [1.54, 1.807) is 14.2 Å². The molecule has 1 saturated heterocycles. The molecule has 1 aliphatic heterocycles. The van der Waals surface area contributed by atoms with E-state index in [9.17, 15) is 4.79 Å². The fourth-order valence-corrected chi connectivity index (χ4v) is 4.64. The predicted octanol–water partition coefficient (Wildman–Crippen LogP) is 4.97. The van der Waals surface area contributed by atoms with Crippen LogP contribution >= 0.6 is 11.6 Å². The van der Waals surface area contributed by atoms with Crippen molar-refractivity contribution in [2.45, 2.75) is 57.2 Å². The second-order valence-corrected chi connectivity index (χ2v) is 10.2. The van der Waals surface area contributed by atoms with Crippen molar-refractivity contribution in [1.82, 2.24) is 4.90 Å². The topological polar surface area (TPSA) is 74.0 Å². The summed E-state index contributed by atoms with van der Waals surface area (Å²) in [6, 6.07) is 12.9. The first kappa shape index (κ1) is 26.3. The summed E-state index contributed by atoms with van der Waals surface area (Å²) in [5, 5.41) is 0. The summed E-state index contributed by atoms with van der Waals surface area (Å²) in [6.07, 6.45) is 3.57. The first-order chi connectivity index (χ1) is 16.3. The van der Waals surface area contributed by atoms with E-state index in [-0.39, 0.29) is 11.5 Å². The number of aldehydes is 1. The van der Waals surface area contributed by atoms with Gasteiger partial charge in [0.15, 0.2) is 0 Å². The van der Waals surface area contributed by atoms with Gasteiger partial charge in [-0.05, 0) is 48.4 Å². The quantitative estimate of drug-likeness (QED) is 0.273. The number of likely N-dealkylation sites (tertiary alicyclic amines) is 1. The minimum atomic E-state index is -0.409. The monoisotopic (exact) mass is 488 g/mol. The average Bonchev–Trinajstić information content (AvgIpc) is 2.85. The molecule has 186 valence electrons. The Hall–Kier alpha value is -2.28. The Labute approximate surface area is 208 Å². The summed E-state index contributed by atoms with van der Waals surface area (Å²) >= 11 is 6.76. The molecule has 2 aromatic rings. The van der Waals surface area contributed by atoms with E-state index in [4.69, 9.17) is 31.5 Å². The minimum absolute atomic E-state index is 0.309. The first-order valence-electron chi connectivity index (χ1n) is 11.8. The van der Waals surface area contributed by atoms with Crippen LogP contribution in [0, 0.1) is 5.41 Å². The van der Waals surface area contributed by atoms with E-state index < -0.39 is 5.92 Å². The summed E-state index contributed by atoms with van der Waals surface area (Å²) in [5.74, 6) is 1.63. The highest BCUT2D eigenvalue weighted by atomic mass is 35.5. The highest BCUT2D eigenvalue weighted by Gasteiger charge is 2.32. The molecule has 0 amide bonds. The molecule has 1 heterocycles. The lowest BCUT2D eigenvalue weighted by Crippen LogP contribution is -2.49. The Morgan fingerprint density at radius 2 is 1.71 bits per heavy atom. The Balaban J connectivity index is 1.68. The molecule has 0 saturated carbocycles. The van der Waals surface area contributed by atoms with Crippen molar-refractivity contribution in [2.75, 3.05) is 27.3 Å². The van der Waals surface area contributed by atoms with Crippen molar-refractivity contribution in [2.24, 2.45) is 11.1 Å². The third-order valence-corrected chi connectivity index (χ3v) is 7.27. The largest absolute Gasteiger partial charge is 0.497 e. The zero-order valence-corrected chi connectivity index (χ0v) is 21.4. The Bertz CT molecular complexity index is 920. The van der Waals surface area contributed by atoms with Gasteiger partial charge >= 0.3 is 0 Å². The zero-order valence-electron chi connectivity index (χ0n) is 20.6. The van der Waals surface area contributed by atoms with Crippen LogP contribution in [-0.4, -0.2) is 50.0 Å². The van der Waals surface area contributed by atoms with E-state index in [2.05, 4.69) is 18.7 Å². The molecule has 3 unspecified atom stereocenters. The van der Waals surface area contributed by atoms with E-state index in [1.807, 2.05) is 42.5 Å². The number of carbonyl (C=O) groups excluding carboxylic acids is 1. The van der Waals surface area contributed by atoms with Crippen LogP contribution in [0.25, 0.3) is 0 Å². The molecule has 3 rings (SSSR count). The van der Waals surface area contributed by atoms with E-state index in [0.29, 0.717) is 35.7 Å². The number of benzene rings is 2. The maximum absolute atomic E-state index is 12.1. The number of piperidine rings is 1. The number of halogens is 1. The number of nitrogens with two attached hydrogens (primary N) is 1. The number of hydrogen-bond donors (Lipinski definition) is 1. The number of hydrogen-bond acceptors (Lipinski definition) is 6. The average molecular weight is 489 g/mol. The molecule has 0 aromatic heterocycles. The van der Waals surface area contributed by atoms with Gasteiger partial charge < -0.3 is 24.7 Å². The van der Waals surface area contributed by atoms with Crippen molar-refractivity contribution in [3.63, 3.8) is 0 Å². The number of carbonyl (C=O) groups is 1. The van der Waals surface area contributed by atoms with Crippen molar-refractivity contribution in [1.29, 1.82) is 0 Å². The fraction of sp³-hybridized carbons (Fsp3) is 0.519. The standard InChI is InChI=1S/C27H37ClN2O4/c1-27(2)9-11-30(12-10-27)26(28)24(29)15-20(17-31)23-7-5-6-8-25(23)34-18-19-13-21(32-3)16-22(14-19)33-4/h5-8,13-14,16-17,20,24,26H,9-12,15,18,29H2,1-4H3. The number of rotatable bonds is 11. The van der Waals surface area contributed by atoms with Crippen LogP contribution in [-0.2, 0) is 11.4 Å². The SMILES string of the molecule is COc1cc(COc2ccccc2C(C=O)CC(N)C(Cl)N2CCC(C)(C)CC2)cc(OC)c1. The minimum Gasteiger partial charge on any atom is -0.497 e. The third kappa shape index (κ3) is 6.87. The van der Waals surface area contributed by atoms with Gasteiger partial charge in [0.25, 0.3) is 0 Å². The summed E-state index contributed by atoms with van der Waals surface area (Å²) in [7, 11) is 3.23. The molecule has 0 aliphatic carbocycles. The van der Waals surface area contributed by atoms with Gasteiger partial charge in [-0.3, -0.25) is 4.90 Å². The van der Waals surface area contributed by atoms with Crippen LogP contribution in [0.2, 0.25) is 0 Å². The highest BCUT2D eigenvalue weighted by molar-refractivity contribution is 6.20. The molecule has 34 heavy (non-hydrogen) atoms. The van der Waals surface area contributed by atoms with Gasteiger partial charge in [0.1, 0.15) is 35.6 Å². The molecule has 1 fully saturated rings. The van der Waals surface area contributed by atoms with Gasteiger partial charge in [-0.15, -0.1) is 11.6 Å². The molecular formula is C27H37ClN2O4. The third-order valence-electron chi connectivity index (χ3n) is 6.67. The molecule has 0 bridgehead atoms. The van der Waals surface area contributed by atoms with E-state index >= 15 is 0 Å². The smallest absolute Gasteiger partial charge is 0.127 e. The molecule has 1 aliphatic rings. The molecule has 2 aromatic carbocycles. The second-order valence-electron chi connectivity index (χ2n) is 9.76. The van der Waals surface area contributed by atoms with Crippen LogP contribution in [0.1, 0.15) is 50.2 Å². The summed E-state index contributed by atoms with van der Waals surface area (Å²) in [4.78, 5) is 14.4. The van der Waals surface area contributed by atoms with Gasteiger partial charge in [-0.2, -0.15) is 0 Å². The Morgan fingerprint density at radius 3 is 2.29 bits per heavy atom. The molecular weight excluding hydrogens is 452 g/mol. The number of nitrogens with zero attached hydrogens (tertiary/aromatic N) is 1. The van der Waals surface area contributed by atoms with Crippen LogP contribution in [0.5, 0.6) is 17.2 Å². The van der Waals surface area contributed by atoms with Crippen LogP contribution in [0.4, 0.5) is 0 Å². The van der Waals surface area contributed by atoms with Gasteiger partial charge in [-0.1, -0.05) is 32.0 Å². The molecule has 6 nitrogen and oxygen atoms in total. The predicted molar refractivity (Wildman–Crippen MR) is 136 cm³/mol. The van der Waals surface area contributed by atoms with Crippen molar-refractivity contribution in [3.05, 3.63) is 53.6 Å². The molecule has 0 radical (unpaired) electrons. The Morgan fingerprint density at radius 1 is 1.09 bits per heavy atom. The maximum Gasteiger partial charge on any atom is 0.127 e. The summed E-state index contributed by atoms with van der Waals surface area (Å²) < 4.78 is 16.8. The molecule has 7 heteroatoms. The molecule has 3 atom stereocenters. The van der Waals surface area contributed by atoms with Gasteiger partial charge in [0.05, 0.1) is 14.2 Å². The molecule has 2 N–H and O–H groups in total. The number of methoxy groups -OCH3 is 2. The lowest BCUT2D eigenvalue weighted by Gasteiger charge is -2.40. The normalized spacial score (nSPS) is 18.5. The lowest BCUT2D eigenvalue weighted by molar-refractivity contribution is -0.109. The van der Waals surface area contributed by atoms with Gasteiger partial charge in [0, 0.05) is 36.7 Å².